The molecule has 0 aliphatic heterocycles. The van der Waals surface area contributed by atoms with Crippen LogP contribution in [0.2, 0.25) is 5.02 Å². The maximum atomic E-state index is 6.16. The predicted molar refractivity (Wildman–Crippen MR) is 80.5 cm³/mol. The summed E-state index contributed by atoms with van der Waals surface area (Å²) in [7, 11) is 0. The van der Waals surface area contributed by atoms with Crippen LogP contribution >= 0.6 is 22.9 Å². The predicted octanol–water partition coefficient (Wildman–Crippen LogP) is 4.21. The Morgan fingerprint density at radius 2 is 1.94 bits per heavy atom. The Labute approximate surface area is 118 Å². The molecule has 0 saturated carbocycles. The van der Waals surface area contributed by atoms with Crippen molar-refractivity contribution in [1.29, 1.82) is 0 Å². The number of thiophene rings is 1. The molecule has 1 unspecified atom stereocenters. The molecule has 0 saturated heterocycles. The molecular formula is C15H18ClNS. The van der Waals surface area contributed by atoms with E-state index in [9.17, 15) is 0 Å². The molecule has 1 nitrogen and oxygen atoms in total. The Morgan fingerprint density at radius 1 is 1.22 bits per heavy atom. The summed E-state index contributed by atoms with van der Waals surface area (Å²) in [6.45, 7) is 2.11. The number of benzene rings is 1. The van der Waals surface area contributed by atoms with Crippen LogP contribution in [0.15, 0.2) is 35.7 Å². The van der Waals surface area contributed by atoms with Crippen molar-refractivity contribution in [3.63, 3.8) is 0 Å². The van der Waals surface area contributed by atoms with Gasteiger partial charge in [0.2, 0.25) is 0 Å². The van der Waals surface area contributed by atoms with Crippen LogP contribution in [0, 0.1) is 6.92 Å². The molecular weight excluding hydrogens is 262 g/mol. The molecule has 18 heavy (non-hydrogen) atoms. The monoisotopic (exact) mass is 279 g/mol. The first-order valence-corrected chi connectivity index (χ1v) is 7.44. The van der Waals surface area contributed by atoms with E-state index < -0.39 is 0 Å². The van der Waals surface area contributed by atoms with Crippen molar-refractivity contribution in [2.24, 2.45) is 5.73 Å². The van der Waals surface area contributed by atoms with E-state index in [0.29, 0.717) is 0 Å². The van der Waals surface area contributed by atoms with E-state index in [0.717, 1.165) is 24.3 Å². The number of nitrogens with two attached hydrogens (primary N) is 1. The number of hydrogen-bond donors (Lipinski definition) is 1. The van der Waals surface area contributed by atoms with Crippen LogP contribution in [0.4, 0.5) is 0 Å². The first-order chi connectivity index (χ1) is 8.65. The average molecular weight is 280 g/mol. The molecule has 0 spiro atoms. The zero-order valence-electron chi connectivity index (χ0n) is 10.5. The first-order valence-electron chi connectivity index (χ1n) is 6.18. The van der Waals surface area contributed by atoms with Crippen LogP contribution in [0.3, 0.4) is 0 Å². The van der Waals surface area contributed by atoms with Gasteiger partial charge in [0.15, 0.2) is 0 Å². The lowest BCUT2D eigenvalue weighted by atomic mass is 10.0. The minimum Gasteiger partial charge on any atom is -0.327 e. The Morgan fingerprint density at radius 3 is 2.56 bits per heavy atom. The average Bonchev–Trinajstić information content (AvgIpc) is 2.74. The van der Waals surface area contributed by atoms with Gasteiger partial charge in [-0.25, -0.2) is 0 Å². The number of halogens is 1. The summed E-state index contributed by atoms with van der Waals surface area (Å²) >= 11 is 7.76. The van der Waals surface area contributed by atoms with Gasteiger partial charge in [-0.1, -0.05) is 41.4 Å². The molecule has 1 aromatic heterocycles. The SMILES string of the molecule is Cc1ccc(CCC(N)Cc2sccc2Cl)cc1. The van der Waals surface area contributed by atoms with Crippen LogP contribution in [0.1, 0.15) is 22.4 Å². The fourth-order valence-corrected chi connectivity index (χ4v) is 3.13. The molecule has 1 atom stereocenters. The van der Waals surface area contributed by atoms with E-state index >= 15 is 0 Å². The van der Waals surface area contributed by atoms with E-state index in [2.05, 4.69) is 31.2 Å². The van der Waals surface area contributed by atoms with Gasteiger partial charge < -0.3 is 5.73 Å². The fourth-order valence-electron chi connectivity index (χ4n) is 1.92. The van der Waals surface area contributed by atoms with E-state index in [4.69, 9.17) is 17.3 Å². The molecule has 2 aromatic rings. The van der Waals surface area contributed by atoms with Gasteiger partial charge in [-0.2, -0.15) is 0 Å². The van der Waals surface area contributed by atoms with Crippen molar-refractivity contribution in [2.45, 2.75) is 32.2 Å². The molecule has 0 aliphatic carbocycles. The minimum absolute atomic E-state index is 0.183. The van der Waals surface area contributed by atoms with Crippen LogP contribution < -0.4 is 5.73 Å². The molecule has 2 rings (SSSR count). The van der Waals surface area contributed by atoms with Crippen molar-refractivity contribution in [2.75, 3.05) is 0 Å². The second kappa shape index (κ2) is 6.37. The Kier molecular flexibility index (Phi) is 4.81. The Hall–Kier alpha value is -0.830. The van der Waals surface area contributed by atoms with Crippen molar-refractivity contribution in [1.82, 2.24) is 0 Å². The summed E-state index contributed by atoms with van der Waals surface area (Å²) in [5.41, 5.74) is 8.81. The highest BCUT2D eigenvalue weighted by Crippen LogP contribution is 2.23. The van der Waals surface area contributed by atoms with Crippen LogP contribution in [-0.2, 0) is 12.8 Å². The fraction of sp³-hybridized carbons (Fsp3) is 0.333. The smallest absolute Gasteiger partial charge is 0.0545 e. The zero-order chi connectivity index (χ0) is 13.0. The van der Waals surface area contributed by atoms with Gasteiger partial charge in [-0.3, -0.25) is 0 Å². The Balaban J connectivity index is 1.83. The molecule has 0 bridgehead atoms. The van der Waals surface area contributed by atoms with Crippen molar-refractivity contribution >= 4 is 22.9 Å². The highest BCUT2D eigenvalue weighted by atomic mass is 35.5. The summed E-state index contributed by atoms with van der Waals surface area (Å²) in [6, 6.07) is 10.8. The van der Waals surface area contributed by atoms with E-state index in [1.807, 2.05) is 11.4 Å². The van der Waals surface area contributed by atoms with Gasteiger partial charge in [0.1, 0.15) is 0 Å². The van der Waals surface area contributed by atoms with Gasteiger partial charge in [-0.05, 0) is 43.2 Å². The number of rotatable bonds is 5. The molecule has 0 amide bonds. The lowest BCUT2D eigenvalue weighted by molar-refractivity contribution is 0.615. The molecule has 1 heterocycles. The second-order valence-electron chi connectivity index (χ2n) is 4.68. The van der Waals surface area contributed by atoms with E-state index in [1.54, 1.807) is 11.3 Å². The quantitative estimate of drug-likeness (QED) is 0.872. The summed E-state index contributed by atoms with van der Waals surface area (Å²) in [6.07, 6.45) is 2.91. The lowest BCUT2D eigenvalue weighted by Crippen LogP contribution is -2.23. The lowest BCUT2D eigenvalue weighted by Gasteiger charge is -2.11. The summed E-state index contributed by atoms with van der Waals surface area (Å²) in [5, 5.41) is 2.87. The minimum atomic E-state index is 0.183. The molecule has 2 N–H and O–H groups in total. The van der Waals surface area contributed by atoms with Gasteiger partial charge in [0.25, 0.3) is 0 Å². The largest absolute Gasteiger partial charge is 0.327 e. The number of aryl methyl sites for hydroxylation is 2. The van der Waals surface area contributed by atoms with Gasteiger partial charge in [-0.15, -0.1) is 11.3 Å². The molecule has 96 valence electrons. The summed E-state index contributed by atoms with van der Waals surface area (Å²) < 4.78 is 0. The van der Waals surface area contributed by atoms with E-state index in [-0.39, 0.29) is 6.04 Å². The van der Waals surface area contributed by atoms with Crippen LogP contribution in [0.5, 0.6) is 0 Å². The van der Waals surface area contributed by atoms with Gasteiger partial charge in [0.05, 0.1) is 5.02 Å². The normalized spacial score (nSPS) is 12.6. The van der Waals surface area contributed by atoms with E-state index in [1.165, 1.54) is 16.0 Å². The Bertz CT molecular complexity index is 489. The topological polar surface area (TPSA) is 26.0 Å². The highest BCUT2D eigenvalue weighted by molar-refractivity contribution is 7.10. The molecule has 1 aromatic carbocycles. The molecule has 0 radical (unpaired) electrons. The van der Waals surface area contributed by atoms with Crippen molar-refractivity contribution in [3.05, 3.63) is 56.7 Å². The maximum Gasteiger partial charge on any atom is 0.0545 e. The molecule has 0 fully saturated rings. The zero-order valence-corrected chi connectivity index (χ0v) is 12.1. The van der Waals surface area contributed by atoms with Crippen LogP contribution in [-0.4, -0.2) is 6.04 Å². The highest BCUT2D eigenvalue weighted by Gasteiger charge is 2.08. The van der Waals surface area contributed by atoms with Gasteiger partial charge in [0, 0.05) is 10.9 Å². The summed E-state index contributed by atoms with van der Waals surface area (Å²) in [5.74, 6) is 0. The third kappa shape index (κ3) is 3.84. The van der Waals surface area contributed by atoms with Gasteiger partial charge >= 0.3 is 0 Å². The summed E-state index contributed by atoms with van der Waals surface area (Å²) in [4.78, 5) is 1.20. The third-order valence-electron chi connectivity index (χ3n) is 3.06. The van der Waals surface area contributed by atoms with Crippen molar-refractivity contribution < 1.29 is 0 Å². The standard InChI is InChI=1S/C15H18ClNS/c1-11-2-4-12(5-3-11)6-7-13(17)10-15-14(16)8-9-18-15/h2-5,8-9,13H,6-7,10,17H2,1H3. The molecule has 3 heteroatoms. The van der Waals surface area contributed by atoms with Crippen LogP contribution in [0.25, 0.3) is 0 Å². The van der Waals surface area contributed by atoms with Crippen molar-refractivity contribution in [3.8, 4) is 0 Å². The third-order valence-corrected chi connectivity index (χ3v) is 4.47. The maximum absolute atomic E-state index is 6.16. The second-order valence-corrected chi connectivity index (χ2v) is 6.09. The number of hydrogen-bond acceptors (Lipinski definition) is 2. The molecule has 0 aliphatic rings. The first kappa shape index (κ1) is 13.6.